The minimum Gasteiger partial charge on any atom is -0.240 e. The molecule has 1 aliphatic rings. The zero-order chi connectivity index (χ0) is 14.4. The summed E-state index contributed by atoms with van der Waals surface area (Å²) < 4.78 is 26.7. The highest BCUT2D eigenvalue weighted by Gasteiger charge is 2.29. The summed E-state index contributed by atoms with van der Waals surface area (Å²) in [4.78, 5) is 8.75. The fraction of sp³-hybridized carbons (Fsp3) is 0.200. The first kappa shape index (κ1) is 12.5. The predicted octanol–water partition coefficient (Wildman–Crippen LogP) is 2.55. The maximum Gasteiger partial charge on any atom is 0.269 e. The van der Waals surface area contributed by atoms with E-state index >= 15 is 0 Å². The molecule has 1 fully saturated rings. The molecule has 1 saturated carbocycles. The third-order valence-electron chi connectivity index (χ3n) is 3.74. The van der Waals surface area contributed by atoms with E-state index in [-0.39, 0.29) is 4.90 Å². The van der Waals surface area contributed by atoms with Gasteiger partial charge in [-0.2, -0.15) is 0 Å². The van der Waals surface area contributed by atoms with Crippen molar-refractivity contribution in [3.63, 3.8) is 0 Å². The standard InChI is InChI=1S/C15H13N3O2S/c19-21(20,12-4-2-1-3-5-12)18-9-8-13-14(11-6-7-11)16-10-17-15(13)18/h1-5,8-11H,6-7H2. The Hall–Kier alpha value is -2.21. The van der Waals surface area contributed by atoms with Crippen molar-refractivity contribution in [2.75, 3.05) is 0 Å². The quantitative estimate of drug-likeness (QED) is 0.745. The number of aromatic nitrogens is 3. The Morgan fingerprint density at radius 3 is 2.52 bits per heavy atom. The van der Waals surface area contributed by atoms with Crippen LogP contribution in [0.4, 0.5) is 0 Å². The van der Waals surface area contributed by atoms with Crippen LogP contribution in [0.25, 0.3) is 11.0 Å². The fourth-order valence-electron chi connectivity index (χ4n) is 2.53. The van der Waals surface area contributed by atoms with Gasteiger partial charge < -0.3 is 0 Å². The van der Waals surface area contributed by atoms with Crippen molar-refractivity contribution in [3.8, 4) is 0 Å². The molecule has 5 nitrogen and oxygen atoms in total. The average Bonchev–Trinajstić information content (AvgIpc) is 3.25. The molecule has 1 aliphatic carbocycles. The summed E-state index contributed by atoms with van der Waals surface area (Å²) in [6, 6.07) is 10.2. The Morgan fingerprint density at radius 1 is 1.05 bits per heavy atom. The van der Waals surface area contributed by atoms with Crippen LogP contribution in [0.15, 0.2) is 53.8 Å². The third-order valence-corrected chi connectivity index (χ3v) is 5.42. The lowest BCUT2D eigenvalue weighted by molar-refractivity contribution is 0.588. The third kappa shape index (κ3) is 1.94. The predicted molar refractivity (Wildman–Crippen MR) is 78.5 cm³/mol. The fourth-order valence-corrected chi connectivity index (χ4v) is 3.85. The molecule has 2 aromatic heterocycles. The second kappa shape index (κ2) is 4.39. The highest BCUT2D eigenvalue weighted by Crippen LogP contribution is 2.41. The van der Waals surface area contributed by atoms with E-state index < -0.39 is 10.0 Å². The number of benzene rings is 1. The zero-order valence-electron chi connectivity index (χ0n) is 11.2. The summed E-state index contributed by atoms with van der Waals surface area (Å²) in [5.74, 6) is 0.450. The molecule has 106 valence electrons. The molecule has 0 N–H and O–H groups in total. The van der Waals surface area contributed by atoms with E-state index in [1.165, 1.54) is 10.3 Å². The molecule has 3 aromatic rings. The van der Waals surface area contributed by atoms with Crippen LogP contribution in [-0.4, -0.2) is 22.4 Å². The van der Waals surface area contributed by atoms with Crippen LogP contribution in [-0.2, 0) is 10.0 Å². The lowest BCUT2D eigenvalue weighted by Gasteiger charge is -2.07. The largest absolute Gasteiger partial charge is 0.269 e. The highest BCUT2D eigenvalue weighted by molar-refractivity contribution is 7.90. The molecule has 6 heteroatoms. The normalized spacial score (nSPS) is 15.4. The van der Waals surface area contributed by atoms with Crippen LogP contribution in [0.2, 0.25) is 0 Å². The van der Waals surface area contributed by atoms with E-state index in [2.05, 4.69) is 9.97 Å². The topological polar surface area (TPSA) is 64.8 Å². The van der Waals surface area contributed by atoms with Gasteiger partial charge in [0, 0.05) is 17.5 Å². The van der Waals surface area contributed by atoms with Gasteiger partial charge >= 0.3 is 0 Å². The molecular formula is C15H13N3O2S. The molecule has 0 spiro atoms. The van der Waals surface area contributed by atoms with Gasteiger partial charge in [0.15, 0.2) is 5.65 Å². The van der Waals surface area contributed by atoms with E-state index in [4.69, 9.17) is 0 Å². The lowest BCUT2D eigenvalue weighted by atomic mass is 10.2. The van der Waals surface area contributed by atoms with E-state index in [0.29, 0.717) is 11.6 Å². The van der Waals surface area contributed by atoms with E-state index in [1.807, 2.05) is 0 Å². The monoisotopic (exact) mass is 299 g/mol. The first-order valence-corrected chi connectivity index (χ1v) is 8.24. The van der Waals surface area contributed by atoms with Crippen LogP contribution >= 0.6 is 0 Å². The molecule has 2 heterocycles. The van der Waals surface area contributed by atoms with Gasteiger partial charge in [-0.3, -0.25) is 0 Å². The molecule has 21 heavy (non-hydrogen) atoms. The minimum atomic E-state index is -3.62. The summed E-state index contributed by atoms with van der Waals surface area (Å²) in [6.07, 6.45) is 5.24. The lowest BCUT2D eigenvalue weighted by Crippen LogP contribution is -2.12. The van der Waals surface area contributed by atoms with Crippen LogP contribution < -0.4 is 0 Å². The minimum absolute atomic E-state index is 0.258. The van der Waals surface area contributed by atoms with Crippen molar-refractivity contribution in [2.24, 2.45) is 0 Å². The van der Waals surface area contributed by atoms with Gasteiger partial charge in [-0.25, -0.2) is 22.4 Å². The molecule has 0 saturated heterocycles. The van der Waals surface area contributed by atoms with Gasteiger partial charge in [0.2, 0.25) is 0 Å². The summed E-state index contributed by atoms with van der Waals surface area (Å²) in [6.45, 7) is 0. The van der Waals surface area contributed by atoms with E-state index in [1.54, 1.807) is 42.6 Å². The van der Waals surface area contributed by atoms with Crippen molar-refractivity contribution < 1.29 is 8.42 Å². The van der Waals surface area contributed by atoms with E-state index in [0.717, 1.165) is 23.9 Å². The molecule has 0 unspecified atom stereocenters. The average molecular weight is 299 g/mol. The number of hydrogen-bond acceptors (Lipinski definition) is 4. The smallest absolute Gasteiger partial charge is 0.240 e. The van der Waals surface area contributed by atoms with Gasteiger partial charge in [-0.1, -0.05) is 18.2 Å². The van der Waals surface area contributed by atoms with Crippen molar-refractivity contribution in [2.45, 2.75) is 23.7 Å². The van der Waals surface area contributed by atoms with Crippen LogP contribution in [0.3, 0.4) is 0 Å². The molecule has 0 aliphatic heterocycles. The molecule has 1 aromatic carbocycles. The van der Waals surface area contributed by atoms with E-state index in [9.17, 15) is 8.42 Å². The Labute approximate surface area is 122 Å². The zero-order valence-corrected chi connectivity index (χ0v) is 12.0. The maximum atomic E-state index is 12.7. The second-order valence-electron chi connectivity index (χ2n) is 5.20. The highest BCUT2D eigenvalue weighted by atomic mass is 32.2. The number of nitrogens with zero attached hydrogens (tertiary/aromatic N) is 3. The molecule has 4 rings (SSSR count). The first-order chi connectivity index (χ1) is 10.2. The van der Waals surface area contributed by atoms with Crippen LogP contribution in [0, 0.1) is 0 Å². The van der Waals surface area contributed by atoms with Crippen molar-refractivity contribution in [1.82, 2.24) is 13.9 Å². The van der Waals surface area contributed by atoms with Crippen LogP contribution in [0.5, 0.6) is 0 Å². The Kier molecular flexibility index (Phi) is 2.62. The molecule has 0 amide bonds. The van der Waals surface area contributed by atoms with Gasteiger partial charge in [0.1, 0.15) is 6.33 Å². The number of rotatable bonds is 3. The van der Waals surface area contributed by atoms with Crippen molar-refractivity contribution in [1.29, 1.82) is 0 Å². The van der Waals surface area contributed by atoms with Gasteiger partial charge in [0.25, 0.3) is 10.0 Å². The summed E-state index contributed by atoms with van der Waals surface area (Å²) in [5.41, 5.74) is 1.41. The number of hydrogen-bond donors (Lipinski definition) is 0. The summed E-state index contributed by atoms with van der Waals surface area (Å²) in [5, 5.41) is 0.833. The number of fused-ring (bicyclic) bond motifs is 1. The maximum absolute atomic E-state index is 12.7. The summed E-state index contributed by atoms with van der Waals surface area (Å²) >= 11 is 0. The molecule has 0 radical (unpaired) electrons. The van der Waals surface area contributed by atoms with Crippen molar-refractivity contribution >= 4 is 21.1 Å². The second-order valence-corrected chi connectivity index (χ2v) is 7.02. The molecule has 0 bridgehead atoms. The summed E-state index contributed by atoms with van der Waals surface area (Å²) in [7, 11) is -3.62. The Bertz CT molecular complexity index is 913. The SMILES string of the molecule is O=S(=O)(c1ccccc1)n1ccc2c(C3CC3)ncnc21. The Balaban J connectivity index is 1.94. The molecular weight excluding hydrogens is 286 g/mol. The van der Waals surface area contributed by atoms with Crippen LogP contribution in [0.1, 0.15) is 24.5 Å². The Morgan fingerprint density at radius 2 is 1.81 bits per heavy atom. The molecule has 0 atom stereocenters. The van der Waals surface area contributed by atoms with Gasteiger partial charge in [-0.15, -0.1) is 0 Å². The first-order valence-electron chi connectivity index (χ1n) is 6.80. The van der Waals surface area contributed by atoms with Gasteiger partial charge in [-0.05, 0) is 31.0 Å². The van der Waals surface area contributed by atoms with Gasteiger partial charge in [0.05, 0.1) is 10.6 Å². The van der Waals surface area contributed by atoms with Crippen molar-refractivity contribution in [3.05, 3.63) is 54.6 Å².